The van der Waals surface area contributed by atoms with Crippen molar-refractivity contribution < 1.29 is 14.4 Å². The fraction of sp³-hybridized carbons (Fsp3) is 0.318. The van der Waals surface area contributed by atoms with Crippen molar-refractivity contribution in [3.63, 3.8) is 0 Å². The Morgan fingerprint density at radius 1 is 1.21 bits per heavy atom. The molecule has 0 aromatic heterocycles. The highest BCUT2D eigenvalue weighted by molar-refractivity contribution is 9.10. The van der Waals surface area contributed by atoms with Crippen molar-refractivity contribution in [3.8, 4) is 0 Å². The van der Waals surface area contributed by atoms with E-state index >= 15 is 0 Å². The molecule has 1 aliphatic heterocycles. The number of nitrogens with one attached hydrogen (secondary N) is 1. The van der Waals surface area contributed by atoms with Crippen LogP contribution in [0.3, 0.4) is 0 Å². The highest BCUT2D eigenvalue weighted by Crippen LogP contribution is 2.22. The first-order valence-electron chi connectivity index (χ1n) is 9.46. The van der Waals surface area contributed by atoms with E-state index in [4.69, 9.17) is 0 Å². The van der Waals surface area contributed by atoms with Gasteiger partial charge in [0.2, 0.25) is 17.7 Å². The lowest BCUT2D eigenvalue weighted by Crippen LogP contribution is -2.39. The van der Waals surface area contributed by atoms with Gasteiger partial charge in [-0.15, -0.1) is 0 Å². The van der Waals surface area contributed by atoms with Crippen LogP contribution in [-0.2, 0) is 20.9 Å². The second-order valence-corrected chi connectivity index (χ2v) is 8.28. The maximum absolute atomic E-state index is 12.7. The lowest BCUT2D eigenvalue weighted by molar-refractivity contribution is -0.137. The Kier molecular flexibility index (Phi) is 6.69. The summed E-state index contributed by atoms with van der Waals surface area (Å²) in [6, 6.07) is 15.3. The van der Waals surface area contributed by atoms with Gasteiger partial charge in [-0.1, -0.05) is 46.3 Å². The van der Waals surface area contributed by atoms with E-state index in [0.717, 1.165) is 15.6 Å². The minimum Gasteiger partial charge on any atom is -0.338 e. The van der Waals surface area contributed by atoms with E-state index in [9.17, 15) is 14.4 Å². The van der Waals surface area contributed by atoms with Crippen LogP contribution in [0.5, 0.6) is 0 Å². The summed E-state index contributed by atoms with van der Waals surface area (Å²) in [4.78, 5) is 40.5. The van der Waals surface area contributed by atoms with Crippen molar-refractivity contribution in [3.05, 3.63) is 64.1 Å². The molecule has 0 bridgehead atoms. The summed E-state index contributed by atoms with van der Waals surface area (Å²) >= 11 is 3.39. The maximum atomic E-state index is 12.7. The predicted molar refractivity (Wildman–Crippen MR) is 115 cm³/mol. The van der Waals surface area contributed by atoms with Crippen LogP contribution in [-0.4, -0.2) is 47.7 Å². The summed E-state index contributed by atoms with van der Waals surface area (Å²) in [7, 11) is 1.60. The summed E-state index contributed by atoms with van der Waals surface area (Å²) in [5, 5.41) is 2.83. The van der Waals surface area contributed by atoms with E-state index in [0.29, 0.717) is 18.8 Å². The molecule has 2 aromatic carbocycles. The topological polar surface area (TPSA) is 69.7 Å². The molecule has 7 heteroatoms. The minimum absolute atomic E-state index is 0.0319. The average Bonchev–Trinajstić information content (AvgIpc) is 3.04. The van der Waals surface area contributed by atoms with Gasteiger partial charge < -0.3 is 15.1 Å². The van der Waals surface area contributed by atoms with Crippen molar-refractivity contribution in [1.29, 1.82) is 0 Å². The Labute approximate surface area is 179 Å². The van der Waals surface area contributed by atoms with Gasteiger partial charge in [0.05, 0.1) is 12.5 Å². The zero-order valence-corrected chi connectivity index (χ0v) is 18.1. The largest absolute Gasteiger partial charge is 0.338 e. The van der Waals surface area contributed by atoms with Gasteiger partial charge in [0, 0.05) is 36.7 Å². The lowest BCUT2D eigenvalue weighted by Gasteiger charge is -2.21. The number of likely N-dealkylation sites (tertiary alicyclic amines) is 1. The molecule has 1 heterocycles. The first kappa shape index (κ1) is 21.0. The average molecular weight is 458 g/mol. The highest BCUT2D eigenvalue weighted by Gasteiger charge is 2.36. The Morgan fingerprint density at radius 2 is 1.93 bits per heavy atom. The van der Waals surface area contributed by atoms with Crippen molar-refractivity contribution in [2.75, 3.05) is 25.5 Å². The molecule has 2 aromatic rings. The number of carbonyl (C=O) groups excluding carboxylic acids is 3. The molecular formula is C22H24BrN3O3. The molecule has 0 saturated carbocycles. The summed E-state index contributed by atoms with van der Waals surface area (Å²) in [5.74, 6) is -0.901. The number of hydrogen-bond acceptors (Lipinski definition) is 3. The summed E-state index contributed by atoms with van der Waals surface area (Å²) in [5.41, 5.74) is 2.68. The zero-order chi connectivity index (χ0) is 21.0. The highest BCUT2D eigenvalue weighted by atomic mass is 79.9. The van der Waals surface area contributed by atoms with Crippen molar-refractivity contribution in [2.45, 2.75) is 19.9 Å². The standard InChI is InChI=1S/C22H24BrN3O3/c1-15-10-18(23)8-9-19(15)24-20(27)14-25(2)22(29)17-11-21(28)26(13-17)12-16-6-4-3-5-7-16/h3-10,17H,11-14H2,1-2H3,(H,24,27)/t17-/m0/s1. The molecule has 6 nitrogen and oxygen atoms in total. The second kappa shape index (κ2) is 9.22. The molecule has 0 unspecified atom stereocenters. The van der Waals surface area contributed by atoms with Crippen LogP contribution in [0.2, 0.25) is 0 Å². The van der Waals surface area contributed by atoms with Crippen molar-refractivity contribution in [1.82, 2.24) is 9.80 Å². The smallest absolute Gasteiger partial charge is 0.243 e. The number of halogens is 1. The number of rotatable bonds is 6. The normalized spacial score (nSPS) is 16.0. The van der Waals surface area contributed by atoms with Crippen LogP contribution >= 0.6 is 15.9 Å². The molecular weight excluding hydrogens is 434 g/mol. The molecule has 0 radical (unpaired) electrons. The fourth-order valence-corrected chi connectivity index (χ4v) is 3.93. The lowest BCUT2D eigenvalue weighted by atomic mass is 10.1. The second-order valence-electron chi connectivity index (χ2n) is 7.36. The van der Waals surface area contributed by atoms with E-state index in [1.165, 1.54) is 4.90 Å². The molecule has 1 aliphatic rings. The van der Waals surface area contributed by atoms with E-state index in [1.807, 2.05) is 55.5 Å². The molecule has 3 amide bonds. The van der Waals surface area contributed by atoms with Gasteiger partial charge in [-0.25, -0.2) is 0 Å². The van der Waals surface area contributed by atoms with Gasteiger partial charge in [0.25, 0.3) is 0 Å². The van der Waals surface area contributed by atoms with Crippen molar-refractivity contribution >= 4 is 39.3 Å². The number of benzene rings is 2. The quantitative estimate of drug-likeness (QED) is 0.723. The Morgan fingerprint density at radius 3 is 2.62 bits per heavy atom. The number of likely N-dealkylation sites (N-methyl/N-ethyl adjacent to an activating group) is 1. The van der Waals surface area contributed by atoms with Gasteiger partial charge in [-0.3, -0.25) is 14.4 Å². The summed E-state index contributed by atoms with van der Waals surface area (Å²) in [6.45, 7) is 2.72. The number of hydrogen-bond donors (Lipinski definition) is 1. The number of anilines is 1. The van der Waals surface area contributed by atoms with Crippen LogP contribution in [0.1, 0.15) is 17.5 Å². The number of amides is 3. The zero-order valence-electron chi connectivity index (χ0n) is 16.5. The Balaban J connectivity index is 1.54. The Bertz CT molecular complexity index is 917. The Hall–Kier alpha value is -2.67. The van der Waals surface area contributed by atoms with Crippen LogP contribution in [0.25, 0.3) is 0 Å². The molecule has 0 spiro atoms. The third-order valence-corrected chi connectivity index (χ3v) is 5.49. The molecule has 1 fully saturated rings. The monoisotopic (exact) mass is 457 g/mol. The SMILES string of the molecule is Cc1cc(Br)ccc1NC(=O)CN(C)C(=O)[C@H]1CC(=O)N(Cc2ccccc2)C1. The molecule has 152 valence electrons. The summed E-state index contributed by atoms with van der Waals surface area (Å²) in [6.07, 6.45) is 0.184. The minimum atomic E-state index is -0.418. The predicted octanol–water partition coefficient (Wildman–Crippen LogP) is 3.20. The molecule has 3 rings (SSSR count). The van der Waals surface area contributed by atoms with E-state index < -0.39 is 5.92 Å². The van der Waals surface area contributed by atoms with Gasteiger partial charge in [0.1, 0.15) is 0 Å². The van der Waals surface area contributed by atoms with E-state index in [-0.39, 0.29) is 30.7 Å². The molecule has 1 atom stereocenters. The number of carbonyl (C=O) groups is 3. The van der Waals surface area contributed by atoms with Crippen LogP contribution in [0.15, 0.2) is 53.0 Å². The number of aryl methyl sites for hydroxylation is 1. The summed E-state index contributed by atoms with van der Waals surface area (Å²) < 4.78 is 0.936. The number of nitrogens with zero attached hydrogens (tertiary/aromatic N) is 2. The third kappa shape index (κ3) is 5.44. The van der Waals surface area contributed by atoms with E-state index in [2.05, 4.69) is 21.2 Å². The molecule has 29 heavy (non-hydrogen) atoms. The van der Waals surface area contributed by atoms with Crippen LogP contribution in [0.4, 0.5) is 5.69 Å². The first-order chi connectivity index (χ1) is 13.8. The van der Waals surface area contributed by atoms with Gasteiger partial charge in [-0.2, -0.15) is 0 Å². The van der Waals surface area contributed by atoms with Crippen LogP contribution < -0.4 is 5.32 Å². The first-order valence-corrected chi connectivity index (χ1v) is 10.3. The van der Waals surface area contributed by atoms with Gasteiger partial charge >= 0.3 is 0 Å². The third-order valence-electron chi connectivity index (χ3n) is 5.00. The van der Waals surface area contributed by atoms with E-state index in [1.54, 1.807) is 11.9 Å². The molecule has 0 aliphatic carbocycles. The van der Waals surface area contributed by atoms with Gasteiger partial charge in [-0.05, 0) is 36.2 Å². The van der Waals surface area contributed by atoms with Gasteiger partial charge in [0.15, 0.2) is 0 Å². The molecule has 1 N–H and O–H groups in total. The maximum Gasteiger partial charge on any atom is 0.243 e. The van der Waals surface area contributed by atoms with Crippen molar-refractivity contribution in [2.24, 2.45) is 5.92 Å². The van der Waals surface area contributed by atoms with Crippen LogP contribution in [0, 0.1) is 12.8 Å². The fourth-order valence-electron chi connectivity index (χ4n) is 3.46. The molecule has 1 saturated heterocycles.